The van der Waals surface area contributed by atoms with Crippen LogP contribution in [0, 0.1) is 0 Å². The Kier molecular flexibility index (Phi) is 5.56. The standard InChI is InChI=1S/C9H13N3O3S.ClH/c1-6(10)9(13)12-7-2-4-8(5-3-7)16(11,14)15;/h2-6H,10H2,1H3,(H,12,13)(H2,11,14,15);1H/t6-;/m0./s1. The quantitative estimate of drug-likeness (QED) is 0.724. The molecule has 5 N–H and O–H groups in total. The first-order valence-electron chi connectivity index (χ1n) is 4.50. The lowest BCUT2D eigenvalue weighted by Gasteiger charge is -2.07. The van der Waals surface area contributed by atoms with Gasteiger partial charge in [0.05, 0.1) is 10.9 Å². The highest BCUT2D eigenvalue weighted by molar-refractivity contribution is 7.89. The molecule has 0 spiro atoms. The lowest BCUT2D eigenvalue weighted by molar-refractivity contribution is -0.117. The number of primary sulfonamides is 1. The number of nitrogens with two attached hydrogens (primary N) is 2. The normalized spacial score (nSPS) is 12.4. The first kappa shape index (κ1) is 15.9. The molecule has 8 heteroatoms. The van der Waals surface area contributed by atoms with Crippen molar-refractivity contribution in [1.29, 1.82) is 0 Å². The van der Waals surface area contributed by atoms with Gasteiger partial charge >= 0.3 is 0 Å². The zero-order valence-corrected chi connectivity index (χ0v) is 10.7. The highest BCUT2D eigenvalue weighted by atomic mass is 35.5. The molecule has 0 aliphatic heterocycles. The maximum atomic E-state index is 11.2. The fourth-order valence-corrected chi connectivity index (χ4v) is 1.50. The van der Waals surface area contributed by atoms with Crippen molar-refractivity contribution in [2.45, 2.75) is 17.9 Å². The van der Waals surface area contributed by atoms with Crippen LogP contribution in [-0.4, -0.2) is 20.4 Å². The number of hydrogen-bond donors (Lipinski definition) is 3. The summed E-state index contributed by atoms with van der Waals surface area (Å²) in [4.78, 5) is 11.2. The van der Waals surface area contributed by atoms with Gasteiger partial charge in [0.15, 0.2) is 0 Å². The molecular weight excluding hydrogens is 266 g/mol. The van der Waals surface area contributed by atoms with E-state index in [1.165, 1.54) is 24.3 Å². The molecule has 0 aliphatic rings. The van der Waals surface area contributed by atoms with Crippen molar-refractivity contribution >= 4 is 34.0 Å². The summed E-state index contributed by atoms with van der Waals surface area (Å²) in [6.07, 6.45) is 0. The third kappa shape index (κ3) is 4.70. The van der Waals surface area contributed by atoms with E-state index >= 15 is 0 Å². The van der Waals surface area contributed by atoms with E-state index in [0.29, 0.717) is 5.69 Å². The molecule has 0 fully saturated rings. The van der Waals surface area contributed by atoms with Crippen molar-refractivity contribution in [3.63, 3.8) is 0 Å². The Hall–Kier alpha value is -1.15. The molecule has 1 aromatic carbocycles. The summed E-state index contributed by atoms with van der Waals surface area (Å²) in [5.41, 5.74) is 5.82. The second-order valence-corrected chi connectivity index (χ2v) is 4.91. The molecule has 0 unspecified atom stereocenters. The van der Waals surface area contributed by atoms with Gasteiger partial charge in [0, 0.05) is 5.69 Å². The van der Waals surface area contributed by atoms with Crippen LogP contribution in [0.25, 0.3) is 0 Å². The predicted molar refractivity (Wildman–Crippen MR) is 67.3 cm³/mol. The van der Waals surface area contributed by atoms with Gasteiger partial charge in [0.25, 0.3) is 0 Å². The van der Waals surface area contributed by atoms with Crippen LogP contribution in [0.5, 0.6) is 0 Å². The molecule has 17 heavy (non-hydrogen) atoms. The summed E-state index contributed by atoms with van der Waals surface area (Å²) in [6, 6.07) is 4.89. The number of hydrogen-bond acceptors (Lipinski definition) is 4. The third-order valence-electron chi connectivity index (χ3n) is 1.86. The molecule has 1 rings (SSSR count). The van der Waals surface area contributed by atoms with Gasteiger partial charge in [-0.1, -0.05) is 0 Å². The van der Waals surface area contributed by atoms with Crippen molar-refractivity contribution in [2.24, 2.45) is 10.9 Å². The molecule has 0 aliphatic carbocycles. The minimum atomic E-state index is -3.70. The van der Waals surface area contributed by atoms with E-state index in [1.54, 1.807) is 6.92 Å². The van der Waals surface area contributed by atoms with Crippen LogP contribution in [0.3, 0.4) is 0 Å². The van der Waals surface area contributed by atoms with Gasteiger partial charge < -0.3 is 11.1 Å². The van der Waals surface area contributed by atoms with Crippen molar-refractivity contribution in [3.8, 4) is 0 Å². The summed E-state index contributed by atoms with van der Waals surface area (Å²) in [5, 5.41) is 7.44. The minimum Gasteiger partial charge on any atom is -0.325 e. The molecule has 1 aromatic rings. The number of nitrogens with one attached hydrogen (secondary N) is 1. The van der Waals surface area contributed by atoms with Gasteiger partial charge in [-0.05, 0) is 31.2 Å². The van der Waals surface area contributed by atoms with E-state index < -0.39 is 16.1 Å². The first-order chi connectivity index (χ1) is 7.30. The first-order valence-corrected chi connectivity index (χ1v) is 6.04. The van der Waals surface area contributed by atoms with Crippen LogP contribution in [-0.2, 0) is 14.8 Å². The van der Waals surface area contributed by atoms with E-state index in [4.69, 9.17) is 10.9 Å². The number of amides is 1. The molecule has 0 saturated heterocycles. The van der Waals surface area contributed by atoms with Crippen LogP contribution in [0.4, 0.5) is 5.69 Å². The number of sulfonamides is 1. The Labute approximate surface area is 106 Å². The number of carbonyl (C=O) groups excluding carboxylic acids is 1. The molecule has 1 atom stereocenters. The largest absolute Gasteiger partial charge is 0.325 e. The van der Waals surface area contributed by atoms with Crippen LogP contribution in [0.15, 0.2) is 29.2 Å². The van der Waals surface area contributed by atoms with Gasteiger partial charge in [-0.2, -0.15) is 0 Å². The highest BCUT2D eigenvalue weighted by Crippen LogP contribution is 2.12. The smallest absolute Gasteiger partial charge is 0.240 e. The maximum Gasteiger partial charge on any atom is 0.240 e. The van der Waals surface area contributed by atoms with E-state index in [9.17, 15) is 13.2 Å². The zero-order chi connectivity index (χ0) is 12.3. The molecule has 0 saturated carbocycles. The Bertz CT molecular complexity index is 485. The maximum absolute atomic E-state index is 11.2. The SMILES string of the molecule is C[C@H](N)C(=O)Nc1ccc(S(N)(=O)=O)cc1.Cl. The van der Waals surface area contributed by atoms with E-state index in [-0.39, 0.29) is 23.2 Å². The molecule has 0 bridgehead atoms. The number of carbonyl (C=O) groups is 1. The molecule has 0 aromatic heterocycles. The van der Waals surface area contributed by atoms with Crippen molar-refractivity contribution in [3.05, 3.63) is 24.3 Å². The Morgan fingerprint density at radius 3 is 2.12 bits per heavy atom. The molecule has 6 nitrogen and oxygen atoms in total. The van der Waals surface area contributed by atoms with Crippen molar-refractivity contribution < 1.29 is 13.2 Å². The molecular formula is C9H14ClN3O3S. The molecule has 0 heterocycles. The molecule has 1 amide bonds. The minimum absolute atomic E-state index is 0. The van der Waals surface area contributed by atoms with Gasteiger partial charge in [-0.3, -0.25) is 4.79 Å². The molecule has 0 radical (unpaired) electrons. The van der Waals surface area contributed by atoms with Crippen LogP contribution in [0.2, 0.25) is 0 Å². The van der Waals surface area contributed by atoms with E-state index in [2.05, 4.69) is 5.32 Å². The van der Waals surface area contributed by atoms with Crippen LogP contribution < -0.4 is 16.2 Å². The lowest BCUT2D eigenvalue weighted by atomic mass is 10.3. The fraction of sp³-hybridized carbons (Fsp3) is 0.222. The van der Waals surface area contributed by atoms with E-state index in [0.717, 1.165) is 0 Å². The fourth-order valence-electron chi connectivity index (χ4n) is 0.984. The van der Waals surface area contributed by atoms with Gasteiger partial charge in [-0.15, -0.1) is 12.4 Å². The van der Waals surface area contributed by atoms with Crippen LogP contribution in [0.1, 0.15) is 6.92 Å². The van der Waals surface area contributed by atoms with Gasteiger partial charge in [0.1, 0.15) is 0 Å². The third-order valence-corrected chi connectivity index (χ3v) is 2.79. The van der Waals surface area contributed by atoms with E-state index in [1.807, 2.05) is 0 Å². The van der Waals surface area contributed by atoms with Gasteiger partial charge in [0.2, 0.25) is 15.9 Å². The Morgan fingerprint density at radius 2 is 1.76 bits per heavy atom. The number of halogens is 1. The van der Waals surface area contributed by atoms with Crippen molar-refractivity contribution in [2.75, 3.05) is 5.32 Å². The molecule has 96 valence electrons. The van der Waals surface area contributed by atoms with Gasteiger partial charge in [-0.25, -0.2) is 13.6 Å². The summed E-state index contributed by atoms with van der Waals surface area (Å²) in [5.74, 6) is -0.344. The summed E-state index contributed by atoms with van der Waals surface area (Å²) >= 11 is 0. The number of anilines is 1. The summed E-state index contributed by atoms with van der Waals surface area (Å²) in [7, 11) is -3.70. The monoisotopic (exact) mass is 279 g/mol. The average Bonchev–Trinajstić information content (AvgIpc) is 2.17. The zero-order valence-electron chi connectivity index (χ0n) is 9.08. The Balaban J connectivity index is 0.00000256. The second kappa shape index (κ2) is 5.97. The predicted octanol–water partition coefficient (Wildman–Crippen LogP) is 0.0415. The lowest BCUT2D eigenvalue weighted by Crippen LogP contribution is -2.32. The number of benzene rings is 1. The summed E-state index contributed by atoms with van der Waals surface area (Å²) < 4.78 is 21.9. The Morgan fingerprint density at radius 1 is 1.29 bits per heavy atom. The topological polar surface area (TPSA) is 115 Å². The van der Waals surface area contributed by atoms with Crippen LogP contribution >= 0.6 is 12.4 Å². The van der Waals surface area contributed by atoms with Crippen molar-refractivity contribution in [1.82, 2.24) is 0 Å². The summed E-state index contributed by atoms with van der Waals surface area (Å²) in [6.45, 7) is 1.55. The average molecular weight is 280 g/mol. The second-order valence-electron chi connectivity index (χ2n) is 3.35. The number of rotatable bonds is 3. The highest BCUT2D eigenvalue weighted by Gasteiger charge is 2.09.